The zero-order valence-corrected chi connectivity index (χ0v) is 16.1. The second-order valence-corrected chi connectivity index (χ2v) is 7.39. The fraction of sp³-hybridized carbons (Fsp3) is 0.316. The molecule has 0 bridgehead atoms. The number of ether oxygens (including phenoxy) is 1. The highest BCUT2D eigenvalue weighted by Crippen LogP contribution is 2.25. The summed E-state index contributed by atoms with van der Waals surface area (Å²) in [5, 5.41) is 9.98. The van der Waals surface area contributed by atoms with E-state index in [1.807, 2.05) is 20.8 Å². The van der Waals surface area contributed by atoms with Crippen molar-refractivity contribution in [3.63, 3.8) is 0 Å². The van der Waals surface area contributed by atoms with Gasteiger partial charge in [-0.2, -0.15) is 9.78 Å². The van der Waals surface area contributed by atoms with Gasteiger partial charge in [-0.15, -0.1) is 11.3 Å². The molecule has 0 saturated heterocycles. The Morgan fingerprint density at radius 1 is 1.33 bits per heavy atom. The summed E-state index contributed by atoms with van der Waals surface area (Å²) in [6.07, 6.45) is 0. The number of hydrogen-bond acceptors (Lipinski definition) is 5. The molecule has 1 N–H and O–H groups in total. The number of aryl methyl sites for hydroxylation is 1. The SMILES string of the molecule is Cc1scc2c(C(=O)NC(C)C)nn(-c3ccc(OCC[18F])cc3)c(=O)c12. The first-order chi connectivity index (χ1) is 12.9. The lowest BCUT2D eigenvalue weighted by Crippen LogP contribution is -2.33. The summed E-state index contributed by atoms with van der Waals surface area (Å²) in [5.74, 6) is 0.166. The number of halogens is 1. The van der Waals surface area contributed by atoms with Crippen molar-refractivity contribution in [1.82, 2.24) is 15.1 Å². The molecule has 0 aliphatic rings. The Labute approximate surface area is 159 Å². The van der Waals surface area contributed by atoms with Crippen molar-refractivity contribution < 1.29 is 13.9 Å². The Morgan fingerprint density at radius 2 is 2.04 bits per heavy atom. The number of alkyl halides is 1. The van der Waals surface area contributed by atoms with Gasteiger partial charge in [0.25, 0.3) is 11.5 Å². The first kappa shape index (κ1) is 19.0. The highest BCUT2D eigenvalue weighted by atomic mass is 32.1. The zero-order chi connectivity index (χ0) is 19.6. The molecule has 0 fully saturated rings. The van der Waals surface area contributed by atoms with Gasteiger partial charge in [-0.05, 0) is 45.0 Å². The van der Waals surface area contributed by atoms with Crippen LogP contribution in [0.15, 0.2) is 34.4 Å². The average molecular weight is 388 g/mol. The maximum absolute atomic E-state index is 13.0. The number of fused-ring (bicyclic) bond motifs is 1. The highest BCUT2D eigenvalue weighted by Gasteiger charge is 2.20. The molecule has 6 nitrogen and oxygen atoms in total. The molecule has 8 heteroatoms. The molecule has 0 unspecified atom stereocenters. The van der Waals surface area contributed by atoms with Gasteiger partial charge >= 0.3 is 0 Å². The molecule has 0 atom stereocenters. The summed E-state index contributed by atoms with van der Waals surface area (Å²) in [6.45, 7) is 4.96. The molecule has 0 spiro atoms. The fourth-order valence-electron chi connectivity index (χ4n) is 2.71. The van der Waals surface area contributed by atoms with Crippen molar-refractivity contribution in [2.24, 2.45) is 0 Å². The quantitative estimate of drug-likeness (QED) is 0.704. The summed E-state index contributed by atoms with van der Waals surface area (Å²) >= 11 is 1.41. The van der Waals surface area contributed by atoms with Crippen LogP contribution in [0, 0.1) is 6.92 Å². The summed E-state index contributed by atoms with van der Waals surface area (Å²) in [4.78, 5) is 26.4. The number of carbonyl (C=O) groups is 1. The number of nitrogens with zero attached hydrogens (tertiary/aromatic N) is 2. The van der Waals surface area contributed by atoms with Gasteiger partial charge in [0, 0.05) is 21.7 Å². The largest absolute Gasteiger partial charge is 0.491 e. The number of nitrogens with one attached hydrogen (secondary N) is 1. The van der Waals surface area contributed by atoms with Gasteiger partial charge in [0.2, 0.25) is 0 Å². The van der Waals surface area contributed by atoms with Crippen LogP contribution in [-0.4, -0.2) is 35.0 Å². The lowest BCUT2D eigenvalue weighted by atomic mass is 10.2. The summed E-state index contributed by atoms with van der Waals surface area (Å²) in [6, 6.07) is 6.52. The van der Waals surface area contributed by atoms with Crippen LogP contribution in [0.25, 0.3) is 16.5 Å². The molecule has 0 saturated carbocycles. The average Bonchev–Trinajstić information content (AvgIpc) is 3.02. The third kappa shape index (κ3) is 3.85. The summed E-state index contributed by atoms with van der Waals surface area (Å²) in [5.41, 5.74) is 0.418. The van der Waals surface area contributed by atoms with E-state index in [2.05, 4.69) is 10.4 Å². The maximum Gasteiger partial charge on any atom is 0.280 e. The fourth-order valence-corrected chi connectivity index (χ4v) is 3.55. The molecule has 0 aliphatic carbocycles. The van der Waals surface area contributed by atoms with E-state index in [4.69, 9.17) is 4.74 Å². The van der Waals surface area contributed by atoms with E-state index in [0.29, 0.717) is 22.2 Å². The van der Waals surface area contributed by atoms with Crippen LogP contribution in [-0.2, 0) is 0 Å². The van der Waals surface area contributed by atoms with Gasteiger partial charge in [0.05, 0.1) is 11.1 Å². The Hall–Kier alpha value is -2.74. The standard InChI is InChI=1S/C19H20FN3O3S/c1-11(2)21-18(24)17-15-10-27-12(3)16(15)19(25)23(22-17)13-4-6-14(7-5-13)26-9-8-20/h4-7,10-11H,8-9H2,1-3H3,(H,21,24)/i20-1. The smallest absolute Gasteiger partial charge is 0.280 e. The Morgan fingerprint density at radius 3 is 2.67 bits per heavy atom. The number of thiophene rings is 1. The Kier molecular flexibility index (Phi) is 5.55. The maximum atomic E-state index is 13.0. The Balaban J connectivity index is 2.12. The molecule has 142 valence electrons. The van der Waals surface area contributed by atoms with E-state index in [1.165, 1.54) is 16.0 Å². The van der Waals surface area contributed by atoms with E-state index in [9.17, 15) is 14.0 Å². The lowest BCUT2D eigenvalue weighted by molar-refractivity contribution is 0.0938. The minimum absolute atomic E-state index is 0.0306. The third-order valence-electron chi connectivity index (χ3n) is 3.90. The molecule has 3 rings (SSSR count). The van der Waals surface area contributed by atoms with Crippen LogP contribution in [0.5, 0.6) is 5.75 Å². The number of carbonyl (C=O) groups excluding carboxylic acids is 1. The van der Waals surface area contributed by atoms with Crippen LogP contribution in [0.1, 0.15) is 29.2 Å². The van der Waals surface area contributed by atoms with Gasteiger partial charge < -0.3 is 10.1 Å². The number of amides is 1. The normalized spacial score (nSPS) is 11.1. The number of rotatable bonds is 6. The van der Waals surface area contributed by atoms with Crippen molar-refractivity contribution in [3.05, 3.63) is 50.6 Å². The molecule has 1 amide bonds. The van der Waals surface area contributed by atoms with Crippen LogP contribution in [0.2, 0.25) is 0 Å². The van der Waals surface area contributed by atoms with Crippen LogP contribution >= 0.6 is 11.3 Å². The molecule has 0 aliphatic heterocycles. The third-order valence-corrected chi connectivity index (χ3v) is 4.81. The number of hydrogen-bond donors (Lipinski definition) is 1. The second kappa shape index (κ2) is 7.87. The molecular formula is C19H20FN3O3S. The monoisotopic (exact) mass is 388 g/mol. The van der Waals surface area contributed by atoms with Crippen LogP contribution in [0.3, 0.4) is 0 Å². The minimum atomic E-state index is -0.578. The van der Waals surface area contributed by atoms with E-state index in [1.54, 1.807) is 29.6 Å². The van der Waals surface area contributed by atoms with Gasteiger partial charge in [-0.1, -0.05) is 0 Å². The Bertz CT molecular complexity index is 1030. The molecule has 2 aromatic heterocycles. The molecule has 27 heavy (non-hydrogen) atoms. The van der Waals surface area contributed by atoms with Crippen molar-refractivity contribution >= 4 is 28.0 Å². The van der Waals surface area contributed by atoms with Crippen LogP contribution in [0.4, 0.5) is 4.39 Å². The second-order valence-electron chi connectivity index (χ2n) is 6.31. The van der Waals surface area contributed by atoms with Crippen molar-refractivity contribution in [3.8, 4) is 11.4 Å². The molecule has 3 aromatic rings. The van der Waals surface area contributed by atoms with E-state index in [0.717, 1.165) is 4.88 Å². The molecule has 0 radical (unpaired) electrons. The van der Waals surface area contributed by atoms with Crippen molar-refractivity contribution in [2.75, 3.05) is 13.3 Å². The number of aromatic nitrogens is 2. The van der Waals surface area contributed by atoms with E-state index < -0.39 is 6.67 Å². The van der Waals surface area contributed by atoms with Crippen molar-refractivity contribution in [1.29, 1.82) is 0 Å². The predicted molar refractivity (Wildman–Crippen MR) is 104 cm³/mol. The zero-order valence-electron chi connectivity index (χ0n) is 15.3. The summed E-state index contributed by atoms with van der Waals surface area (Å²) < 4.78 is 18.7. The van der Waals surface area contributed by atoms with E-state index >= 15 is 0 Å². The number of benzene rings is 1. The topological polar surface area (TPSA) is 73.2 Å². The lowest BCUT2D eigenvalue weighted by Gasteiger charge is -2.12. The first-order valence-corrected chi connectivity index (χ1v) is 9.41. The molecular weight excluding hydrogens is 368 g/mol. The van der Waals surface area contributed by atoms with Crippen LogP contribution < -0.4 is 15.6 Å². The predicted octanol–water partition coefficient (Wildman–Crippen LogP) is 3.24. The van der Waals surface area contributed by atoms with Gasteiger partial charge in [0.1, 0.15) is 19.0 Å². The van der Waals surface area contributed by atoms with Crippen molar-refractivity contribution in [2.45, 2.75) is 26.8 Å². The van der Waals surface area contributed by atoms with Gasteiger partial charge in [-0.3, -0.25) is 9.59 Å². The highest BCUT2D eigenvalue weighted by molar-refractivity contribution is 7.11. The first-order valence-electron chi connectivity index (χ1n) is 8.53. The molecule has 2 heterocycles. The van der Waals surface area contributed by atoms with Gasteiger partial charge in [0.15, 0.2) is 5.69 Å². The minimum Gasteiger partial charge on any atom is -0.491 e. The summed E-state index contributed by atoms with van der Waals surface area (Å²) in [7, 11) is 0. The molecule has 1 aromatic carbocycles. The van der Waals surface area contributed by atoms with Gasteiger partial charge in [-0.25, -0.2) is 4.39 Å². The van der Waals surface area contributed by atoms with E-state index in [-0.39, 0.29) is 29.8 Å².